The van der Waals surface area contributed by atoms with E-state index in [9.17, 15) is 14.4 Å². The monoisotopic (exact) mass is 564 g/mol. The number of carbonyl (C=O) groups is 3. The fraction of sp³-hybridized carbons (Fsp3) is 0.179. The zero-order valence-electron chi connectivity index (χ0n) is 20.1. The number of anilines is 1. The van der Waals surface area contributed by atoms with Crippen molar-refractivity contribution in [3.05, 3.63) is 97.9 Å². The Morgan fingerprint density at radius 2 is 1.75 bits per heavy atom. The summed E-state index contributed by atoms with van der Waals surface area (Å²) < 4.78 is 6.83. The third kappa shape index (κ3) is 6.25. The number of amides is 3. The van der Waals surface area contributed by atoms with E-state index in [1.54, 1.807) is 12.1 Å². The molecule has 184 valence electrons. The molecule has 4 rings (SSSR count). The van der Waals surface area contributed by atoms with E-state index < -0.39 is 17.1 Å². The van der Waals surface area contributed by atoms with Gasteiger partial charge in [0.2, 0.25) is 5.91 Å². The number of ether oxygens (including phenoxy) is 1. The minimum atomic E-state index is -0.510. The predicted octanol–water partition coefficient (Wildman–Crippen LogP) is 6.63. The Bertz CT molecular complexity index is 1370. The van der Waals surface area contributed by atoms with E-state index >= 15 is 0 Å². The van der Waals surface area contributed by atoms with Crippen LogP contribution in [0, 0.1) is 20.8 Å². The van der Waals surface area contributed by atoms with E-state index in [2.05, 4.69) is 21.2 Å². The minimum Gasteiger partial charge on any atom is -0.488 e. The number of nitrogens with zero attached hydrogens (tertiary/aromatic N) is 1. The molecule has 3 aromatic rings. The number of thioether (sulfide) groups is 1. The second-order valence-electron chi connectivity index (χ2n) is 8.57. The summed E-state index contributed by atoms with van der Waals surface area (Å²) in [6, 6.07) is 19.1. The molecular formula is C28H25BrN2O4S. The number of nitrogens with one attached hydrogen (secondary N) is 1. The molecule has 0 spiro atoms. The first-order chi connectivity index (χ1) is 17.2. The molecule has 0 saturated carbocycles. The molecule has 0 unspecified atom stereocenters. The van der Waals surface area contributed by atoms with Crippen LogP contribution in [0.25, 0.3) is 6.08 Å². The van der Waals surface area contributed by atoms with Gasteiger partial charge in [-0.1, -0.05) is 51.8 Å². The van der Waals surface area contributed by atoms with E-state index in [1.807, 2.05) is 75.4 Å². The Hall–Kier alpha value is -3.36. The first-order valence-corrected chi connectivity index (χ1v) is 12.9. The SMILES string of the molecule is Cc1ccc(COc2ccc(Br)cc2/C=C2/SC(=O)N(CC(=O)Nc3ccc(C)c(C)c3)C2=O)cc1. The molecule has 1 heterocycles. The lowest BCUT2D eigenvalue weighted by atomic mass is 10.1. The lowest BCUT2D eigenvalue weighted by molar-refractivity contribution is -0.127. The van der Waals surface area contributed by atoms with E-state index in [-0.39, 0.29) is 11.4 Å². The van der Waals surface area contributed by atoms with Gasteiger partial charge in [-0.15, -0.1) is 0 Å². The molecule has 0 atom stereocenters. The van der Waals surface area contributed by atoms with Crippen molar-refractivity contribution in [2.24, 2.45) is 0 Å². The van der Waals surface area contributed by atoms with E-state index in [0.29, 0.717) is 23.6 Å². The van der Waals surface area contributed by atoms with Crippen LogP contribution in [-0.2, 0) is 16.2 Å². The number of hydrogen-bond donors (Lipinski definition) is 1. The van der Waals surface area contributed by atoms with Crippen LogP contribution in [0.3, 0.4) is 0 Å². The highest BCUT2D eigenvalue weighted by molar-refractivity contribution is 9.10. The second kappa shape index (κ2) is 11.1. The lowest BCUT2D eigenvalue weighted by Crippen LogP contribution is -2.36. The van der Waals surface area contributed by atoms with Gasteiger partial charge < -0.3 is 10.1 Å². The van der Waals surface area contributed by atoms with Crippen molar-refractivity contribution in [1.82, 2.24) is 4.90 Å². The number of halogens is 1. The molecule has 8 heteroatoms. The van der Waals surface area contributed by atoms with E-state index in [0.717, 1.165) is 37.8 Å². The summed E-state index contributed by atoms with van der Waals surface area (Å²) in [4.78, 5) is 39.3. The average molecular weight is 565 g/mol. The van der Waals surface area contributed by atoms with Gasteiger partial charge in [0.05, 0.1) is 4.91 Å². The molecule has 0 radical (unpaired) electrons. The van der Waals surface area contributed by atoms with Crippen LogP contribution in [0.5, 0.6) is 5.75 Å². The van der Waals surface area contributed by atoms with Crippen molar-refractivity contribution < 1.29 is 19.1 Å². The van der Waals surface area contributed by atoms with Crippen molar-refractivity contribution in [3.8, 4) is 5.75 Å². The fourth-order valence-corrected chi connectivity index (χ4v) is 4.76. The third-order valence-electron chi connectivity index (χ3n) is 5.74. The van der Waals surface area contributed by atoms with Crippen molar-refractivity contribution in [2.75, 3.05) is 11.9 Å². The molecule has 0 aliphatic carbocycles. The van der Waals surface area contributed by atoms with Crippen LogP contribution in [0.1, 0.15) is 27.8 Å². The highest BCUT2D eigenvalue weighted by atomic mass is 79.9. The Morgan fingerprint density at radius 1 is 1.00 bits per heavy atom. The molecule has 6 nitrogen and oxygen atoms in total. The quantitative estimate of drug-likeness (QED) is 0.326. The predicted molar refractivity (Wildman–Crippen MR) is 147 cm³/mol. The Balaban J connectivity index is 1.47. The van der Waals surface area contributed by atoms with Gasteiger partial charge in [0, 0.05) is 15.7 Å². The van der Waals surface area contributed by atoms with Crippen molar-refractivity contribution in [3.63, 3.8) is 0 Å². The molecule has 1 N–H and O–H groups in total. The van der Waals surface area contributed by atoms with Crippen molar-refractivity contribution in [2.45, 2.75) is 27.4 Å². The smallest absolute Gasteiger partial charge is 0.294 e. The Kier molecular flexibility index (Phi) is 7.96. The zero-order chi connectivity index (χ0) is 25.8. The zero-order valence-corrected chi connectivity index (χ0v) is 22.5. The molecule has 0 aromatic heterocycles. The summed E-state index contributed by atoms with van der Waals surface area (Å²) >= 11 is 4.26. The summed E-state index contributed by atoms with van der Waals surface area (Å²) in [7, 11) is 0. The molecule has 3 aromatic carbocycles. The minimum absolute atomic E-state index is 0.234. The van der Waals surface area contributed by atoms with Crippen molar-refractivity contribution >= 4 is 56.5 Å². The van der Waals surface area contributed by atoms with Gasteiger partial charge in [0.25, 0.3) is 11.1 Å². The highest BCUT2D eigenvalue weighted by Crippen LogP contribution is 2.35. The van der Waals surface area contributed by atoms with Gasteiger partial charge >= 0.3 is 0 Å². The van der Waals surface area contributed by atoms with Gasteiger partial charge in [0.15, 0.2) is 0 Å². The maximum atomic E-state index is 13.0. The molecule has 1 aliphatic heterocycles. The number of aryl methyl sites for hydroxylation is 3. The molecule has 1 fully saturated rings. The summed E-state index contributed by atoms with van der Waals surface area (Å²) in [6.45, 7) is 5.97. The molecule has 0 bridgehead atoms. The normalized spacial score (nSPS) is 14.4. The summed E-state index contributed by atoms with van der Waals surface area (Å²) in [6.07, 6.45) is 1.63. The topological polar surface area (TPSA) is 75.7 Å². The van der Waals surface area contributed by atoms with E-state index in [1.165, 1.54) is 5.56 Å². The van der Waals surface area contributed by atoms with Gasteiger partial charge in [-0.05, 0) is 85.6 Å². The van der Waals surface area contributed by atoms with Gasteiger partial charge in [-0.3, -0.25) is 19.3 Å². The molecule has 1 aliphatic rings. The van der Waals surface area contributed by atoms with Gasteiger partial charge in [0.1, 0.15) is 18.9 Å². The first-order valence-electron chi connectivity index (χ1n) is 11.3. The fourth-order valence-electron chi connectivity index (χ4n) is 3.55. The van der Waals surface area contributed by atoms with Crippen LogP contribution < -0.4 is 10.1 Å². The Morgan fingerprint density at radius 3 is 2.47 bits per heavy atom. The van der Waals surface area contributed by atoms with Crippen molar-refractivity contribution in [1.29, 1.82) is 0 Å². The number of imide groups is 1. The number of rotatable bonds is 7. The lowest BCUT2D eigenvalue weighted by Gasteiger charge is -2.13. The number of benzene rings is 3. The summed E-state index contributed by atoms with van der Waals surface area (Å²) in [5.74, 6) is -0.367. The Labute approximate surface area is 222 Å². The summed E-state index contributed by atoms with van der Waals surface area (Å²) in [5.41, 5.74) is 5.61. The molecule has 1 saturated heterocycles. The first kappa shape index (κ1) is 25.7. The molecular weight excluding hydrogens is 540 g/mol. The second-order valence-corrected chi connectivity index (χ2v) is 10.5. The summed E-state index contributed by atoms with van der Waals surface area (Å²) in [5, 5.41) is 2.27. The van der Waals surface area contributed by atoms with Crippen LogP contribution in [0.2, 0.25) is 0 Å². The average Bonchev–Trinajstić information content (AvgIpc) is 3.09. The van der Waals surface area contributed by atoms with Gasteiger partial charge in [-0.25, -0.2) is 0 Å². The maximum Gasteiger partial charge on any atom is 0.294 e. The number of carbonyl (C=O) groups excluding carboxylic acids is 3. The van der Waals surface area contributed by atoms with Crippen LogP contribution in [0.4, 0.5) is 10.5 Å². The third-order valence-corrected chi connectivity index (χ3v) is 7.14. The van der Waals surface area contributed by atoms with Crippen LogP contribution >= 0.6 is 27.7 Å². The molecule has 36 heavy (non-hydrogen) atoms. The maximum absolute atomic E-state index is 13.0. The van der Waals surface area contributed by atoms with Crippen LogP contribution in [-0.4, -0.2) is 28.5 Å². The van der Waals surface area contributed by atoms with Crippen LogP contribution in [0.15, 0.2) is 70.0 Å². The molecule has 3 amide bonds. The van der Waals surface area contributed by atoms with Gasteiger partial charge in [-0.2, -0.15) is 0 Å². The number of hydrogen-bond acceptors (Lipinski definition) is 5. The van der Waals surface area contributed by atoms with E-state index in [4.69, 9.17) is 4.74 Å². The highest BCUT2D eigenvalue weighted by Gasteiger charge is 2.36. The largest absolute Gasteiger partial charge is 0.488 e. The standard InChI is InChI=1S/C28H25BrN2O4S/c1-17-4-7-20(8-5-17)16-35-24-11-9-22(29)13-21(24)14-25-27(33)31(28(34)36-25)15-26(32)30-23-10-6-18(2)19(3)12-23/h4-14H,15-16H2,1-3H3,(H,30,32)/b25-14+.